The van der Waals surface area contributed by atoms with E-state index in [1.807, 2.05) is 7.05 Å². The molecular formula is C23H40IN5O. The molecule has 0 bridgehead atoms. The van der Waals surface area contributed by atoms with E-state index in [9.17, 15) is 0 Å². The summed E-state index contributed by atoms with van der Waals surface area (Å²) < 4.78 is 5.24. The summed E-state index contributed by atoms with van der Waals surface area (Å²) in [5, 5.41) is 6.96. The van der Waals surface area contributed by atoms with Crippen molar-refractivity contribution in [1.29, 1.82) is 0 Å². The number of nitrogens with one attached hydrogen (secondary N) is 2. The van der Waals surface area contributed by atoms with Crippen LogP contribution < -0.4 is 10.6 Å². The maximum Gasteiger partial charge on any atom is 0.191 e. The molecule has 30 heavy (non-hydrogen) atoms. The Bertz CT molecular complexity index is 619. The second-order valence-corrected chi connectivity index (χ2v) is 8.28. The van der Waals surface area contributed by atoms with E-state index in [0.29, 0.717) is 6.04 Å². The minimum atomic E-state index is 0. The quantitative estimate of drug-likeness (QED) is 0.293. The minimum Gasteiger partial charge on any atom is -0.383 e. The normalized spacial score (nSPS) is 20.7. The number of rotatable bonds is 9. The highest BCUT2D eigenvalue weighted by molar-refractivity contribution is 14.0. The van der Waals surface area contributed by atoms with Crippen molar-refractivity contribution in [2.75, 3.05) is 53.5 Å². The van der Waals surface area contributed by atoms with Crippen LogP contribution in [0.5, 0.6) is 0 Å². The molecule has 170 valence electrons. The van der Waals surface area contributed by atoms with Gasteiger partial charge in [-0.1, -0.05) is 30.7 Å². The molecule has 2 aliphatic heterocycles. The first kappa shape index (κ1) is 25.4. The van der Waals surface area contributed by atoms with E-state index < -0.39 is 0 Å². The fraction of sp³-hybridized carbons (Fsp3) is 0.696. The lowest BCUT2D eigenvalue weighted by atomic mass is 10.1. The third kappa shape index (κ3) is 8.32. The van der Waals surface area contributed by atoms with Gasteiger partial charge in [0.25, 0.3) is 0 Å². The van der Waals surface area contributed by atoms with Crippen LogP contribution in [0.2, 0.25) is 0 Å². The molecule has 1 unspecified atom stereocenters. The van der Waals surface area contributed by atoms with Gasteiger partial charge in [-0.2, -0.15) is 0 Å². The average Bonchev–Trinajstić information content (AvgIpc) is 3.21. The summed E-state index contributed by atoms with van der Waals surface area (Å²) in [6.07, 6.45) is 6.60. The number of aliphatic imine (C=N–C) groups is 1. The lowest BCUT2D eigenvalue weighted by molar-refractivity contribution is 0.141. The van der Waals surface area contributed by atoms with Crippen LogP contribution in [0.1, 0.15) is 43.2 Å². The molecule has 0 aliphatic carbocycles. The van der Waals surface area contributed by atoms with Crippen molar-refractivity contribution < 1.29 is 4.74 Å². The second kappa shape index (κ2) is 14.2. The van der Waals surface area contributed by atoms with Crippen LogP contribution in [0, 0.1) is 0 Å². The van der Waals surface area contributed by atoms with E-state index in [1.165, 1.54) is 62.9 Å². The van der Waals surface area contributed by atoms with Crippen molar-refractivity contribution in [3.8, 4) is 0 Å². The smallest absolute Gasteiger partial charge is 0.191 e. The van der Waals surface area contributed by atoms with Gasteiger partial charge in [0.2, 0.25) is 0 Å². The highest BCUT2D eigenvalue weighted by atomic mass is 127. The summed E-state index contributed by atoms with van der Waals surface area (Å²) in [6.45, 7) is 8.28. The summed E-state index contributed by atoms with van der Waals surface area (Å²) in [5.41, 5.74) is 2.70. The zero-order valence-electron chi connectivity index (χ0n) is 18.7. The fourth-order valence-corrected chi connectivity index (χ4v) is 4.39. The van der Waals surface area contributed by atoms with Crippen molar-refractivity contribution in [1.82, 2.24) is 20.4 Å². The van der Waals surface area contributed by atoms with Crippen molar-refractivity contribution >= 4 is 29.9 Å². The third-order valence-corrected chi connectivity index (χ3v) is 6.15. The Morgan fingerprint density at radius 3 is 2.47 bits per heavy atom. The number of methoxy groups -OCH3 is 1. The summed E-state index contributed by atoms with van der Waals surface area (Å²) in [4.78, 5) is 9.48. The van der Waals surface area contributed by atoms with Gasteiger partial charge in [0.05, 0.1) is 6.61 Å². The van der Waals surface area contributed by atoms with E-state index in [2.05, 4.69) is 49.7 Å². The third-order valence-electron chi connectivity index (χ3n) is 6.15. The second-order valence-electron chi connectivity index (χ2n) is 8.28. The summed E-state index contributed by atoms with van der Waals surface area (Å²) >= 11 is 0. The van der Waals surface area contributed by atoms with Gasteiger partial charge >= 0.3 is 0 Å². The molecule has 0 amide bonds. The number of hydrogen-bond donors (Lipinski definition) is 2. The van der Waals surface area contributed by atoms with Crippen LogP contribution in [0.25, 0.3) is 0 Å². The average molecular weight is 530 g/mol. The summed E-state index contributed by atoms with van der Waals surface area (Å²) in [6, 6.07) is 9.59. The number of hydrogen-bond acceptors (Lipinski definition) is 4. The number of piperidine rings is 1. The monoisotopic (exact) mass is 529 g/mol. The molecule has 2 N–H and O–H groups in total. The SMILES string of the molecule is CN=C(NCc1ccc(CN2CCCCC2)cc1)NCC1CCCN1CCOC.I. The molecule has 0 spiro atoms. The Morgan fingerprint density at radius 2 is 1.77 bits per heavy atom. The number of likely N-dealkylation sites (tertiary alicyclic amines) is 2. The van der Waals surface area contributed by atoms with Crippen LogP contribution in [0.4, 0.5) is 0 Å². The topological polar surface area (TPSA) is 52.1 Å². The Morgan fingerprint density at radius 1 is 1.03 bits per heavy atom. The number of guanidine groups is 1. The number of ether oxygens (including phenoxy) is 1. The molecule has 7 heteroatoms. The molecule has 2 heterocycles. The van der Waals surface area contributed by atoms with Crippen LogP contribution in [-0.4, -0.2) is 75.3 Å². The highest BCUT2D eigenvalue weighted by Crippen LogP contribution is 2.16. The maximum absolute atomic E-state index is 5.24. The van der Waals surface area contributed by atoms with E-state index in [0.717, 1.165) is 38.7 Å². The lowest BCUT2D eigenvalue weighted by Gasteiger charge is -2.26. The van der Waals surface area contributed by atoms with Gasteiger partial charge in [-0.05, 0) is 56.4 Å². The van der Waals surface area contributed by atoms with E-state index in [1.54, 1.807) is 7.11 Å². The zero-order chi connectivity index (χ0) is 20.3. The van der Waals surface area contributed by atoms with Gasteiger partial charge in [0.1, 0.15) is 0 Å². The predicted octanol–water partition coefficient (Wildman–Crippen LogP) is 3.07. The van der Waals surface area contributed by atoms with E-state index in [-0.39, 0.29) is 24.0 Å². The zero-order valence-corrected chi connectivity index (χ0v) is 21.1. The molecule has 1 aromatic carbocycles. The molecule has 0 radical (unpaired) electrons. The lowest BCUT2D eigenvalue weighted by Crippen LogP contribution is -2.45. The Kier molecular flexibility index (Phi) is 12.0. The predicted molar refractivity (Wildman–Crippen MR) is 136 cm³/mol. The van der Waals surface area contributed by atoms with Crippen molar-refractivity contribution in [3.05, 3.63) is 35.4 Å². The van der Waals surface area contributed by atoms with Gasteiger partial charge in [-0.3, -0.25) is 14.8 Å². The first-order chi connectivity index (χ1) is 14.3. The molecule has 0 aromatic heterocycles. The van der Waals surface area contributed by atoms with Gasteiger partial charge in [0.15, 0.2) is 5.96 Å². The van der Waals surface area contributed by atoms with Gasteiger partial charge in [-0.25, -0.2) is 0 Å². The molecular weight excluding hydrogens is 489 g/mol. The standard InChI is InChI=1S/C23H39N5O.HI/c1-24-23(26-18-22-7-6-14-28(22)15-16-29-2)25-17-20-8-10-21(11-9-20)19-27-12-4-3-5-13-27;/h8-11,22H,3-7,12-19H2,1-2H3,(H2,24,25,26);1H. The number of nitrogens with zero attached hydrogens (tertiary/aromatic N) is 3. The summed E-state index contributed by atoms with van der Waals surface area (Å²) in [5.74, 6) is 0.876. The first-order valence-corrected chi connectivity index (χ1v) is 11.3. The van der Waals surface area contributed by atoms with E-state index >= 15 is 0 Å². The molecule has 6 nitrogen and oxygen atoms in total. The first-order valence-electron chi connectivity index (χ1n) is 11.3. The molecule has 2 fully saturated rings. The fourth-order valence-electron chi connectivity index (χ4n) is 4.39. The van der Waals surface area contributed by atoms with Crippen LogP contribution in [0.15, 0.2) is 29.3 Å². The van der Waals surface area contributed by atoms with Gasteiger partial charge < -0.3 is 15.4 Å². The Labute approximate surface area is 199 Å². The summed E-state index contributed by atoms with van der Waals surface area (Å²) in [7, 11) is 3.61. The number of benzene rings is 1. The molecule has 2 saturated heterocycles. The van der Waals surface area contributed by atoms with Crippen LogP contribution >= 0.6 is 24.0 Å². The minimum absolute atomic E-state index is 0. The maximum atomic E-state index is 5.24. The van der Waals surface area contributed by atoms with Gasteiger partial charge in [0, 0.05) is 46.4 Å². The van der Waals surface area contributed by atoms with Crippen LogP contribution in [-0.2, 0) is 17.8 Å². The molecule has 0 saturated carbocycles. The molecule has 1 atom stereocenters. The van der Waals surface area contributed by atoms with Crippen molar-refractivity contribution in [2.45, 2.75) is 51.2 Å². The van der Waals surface area contributed by atoms with Gasteiger partial charge in [-0.15, -0.1) is 24.0 Å². The van der Waals surface area contributed by atoms with Crippen molar-refractivity contribution in [2.24, 2.45) is 4.99 Å². The molecule has 3 rings (SSSR count). The largest absolute Gasteiger partial charge is 0.383 e. The Balaban J connectivity index is 0.00000320. The van der Waals surface area contributed by atoms with Crippen LogP contribution in [0.3, 0.4) is 0 Å². The van der Waals surface area contributed by atoms with Crippen molar-refractivity contribution in [3.63, 3.8) is 0 Å². The van der Waals surface area contributed by atoms with E-state index in [4.69, 9.17) is 4.74 Å². The molecule has 2 aliphatic rings. The molecule has 1 aromatic rings. The number of halogens is 1. The highest BCUT2D eigenvalue weighted by Gasteiger charge is 2.23. The Hall–Kier alpha value is -0.900.